The number of rotatable bonds is 0. The zero-order chi connectivity index (χ0) is 6.95. The van der Waals surface area contributed by atoms with E-state index in [1.54, 1.807) is 0 Å². The van der Waals surface area contributed by atoms with E-state index in [0.29, 0.717) is 0 Å². The summed E-state index contributed by atoms with van der Waals surface area (Å²) in [6.45, 7) is 3.11. The van der Waals surface area contributed by atoms with E-state index >= 15 is 0 Å². The Morgan fingerprint density at radius 1 is 1.11 bits per heavy atom. The van der Waals surface area contributed by atoms with Crippen LogP contribution in [0.5, 0.6) is 0 Å². The topological polar surface area (TPSA) is 55.8 Å². The highest BCUT2D eigenvalue weighted by Gasteiger charge is 1.94. The molecule has 0 bridgehead atoms. The van der Waals surface area contributed by atoms with Gasteiger partial charge in [0.15, 0.2) is 0 Å². The van der Waals surface area contributed by atoms with Crippen LogP contribution in [0.15, 0.2) is 0 Å². The maximum atomic E-state index is 8.51. The second kappa shape index (κ2) is 7.98. The van der Waals surface area contributed by atoms with Crippen LogP contribution >= 0.6 is 8.69 Å². The molecule has 1 atom stereocenters. The van der Waals surface area contributed by atoms with E-state index in [2.05, 4.69) is 0 Å². The lowest BCUT2D eigenvalue weighted by Crippen LogP contribution is -2.16. The maximum Gasteiger partial charge on any atom is 0.491 e. The molecule has 1 saturated heterocycles. The van der Waals surface area contributed by atoms with E-state index < -0.39 is 8.69 Å². The Hall–Kier alpha value is -0.0200. The van der Waals surface area contributed by atoms with Gasteiger partial charge in [-0.05, 0) is 4.57 Å². The van der Waals surface area contributed by atoms with Gasteiger partial charge in [0.1, 0.15) is 0 Å². The summed E-state index contributed by atoms with van der Waals surface area (Å²) in [5.41, 5.74) is 0. The summed E-state index contributed by atoms with van der Waals surface area (Å²) in [4.78, 5) is 7.04. The van der Waals surface area contributed by atoms with E-state index in [1.165, 1.54) is 0 Å². The molecule has 4 nitrogen and oxygen atoms in total. The fourth-order valence-electron chi connectivity index (χ4n) is 0.440. The average Bonchev–Trinajstić information content (AvgIpc) is 1.93. The molecule has 0 aromatic heterocycles. The minimum Gasteiger partial charge on any atom is -0.377 e. The first-order valence-electron chi connectivity index (χ1n) is 2.58. The molecular formula is C4H10O4P+. The van der Waals surface area contributed by atoms with Gasteiger partial charge < -0.3 is 9.47 Å². The Balaban J connectivity index is 0.000000187. The second-order valence-electron chi connectivity index (χ2n) is 1.32. The van der Waals surface area contributed by atoms with Crippen LogP contribution in [0, 0.1) is 0 Å². The predicted molar refractivity (Wildman–Crippen MR) is 32.9 cm³/mol. The predicted octanol–water partition coefficient (Wildman–Crippen LogP) is -0.0491. The van der Waals surface area contributed by atoms with Crippen LogP contribution in [-0.4, -0.2) is 31.3 Å². The highest BCUT2D eigenvalue weighted by molar-refractivity contribution is 7.16. The van der Waals surface area contributed by atoms with Gasteiger partial charge in [0.25, 0.3) is 0 Å². The van der Waals surface area contributed by atoms with Gasteiger partial charge in [-0.15, -0.1) is 0 Å². The number of hydrogen-bond donors (Lipinski definition) is 1. The van der Waals surface area contributed by atoms with Crippen LogP contribution in [0.1, 0.15) is 0 Å². The van der Waals surface area contributed by atoms with Crippen molar-refractivity contribution in [2.24, 2.45) is 0 Å². The largest absolute Gasteiger partial charge is 0.491 e. The normalized spacial score (nSPS) is 18.3. The molecule has 0 aliphatic carbocycles. The lowest BCUT2D eigenvalue weighted by Gasteiger charge is -2.09. The smallest absolute Gasteiger partial charge is 0.377 e. The summed E-state index contributed by atoms with van der Waals surface area (Å²) in [5, 5.41) is 0. The third kappa shape index (κ3) is 7.98. The van der Waals surface area contributed by atoms with Crippen molar-refractivity contribution in [1.82, 2.24) is 0 Å². The maximum absolute atomic E-state index is 8.51. The van der Waals surface area contributed by atoms with E-state index in [9.17, 15) is 0 Å². The van der Waals surface area contributed by atoms with Gasteiger partial charge in [-0.2, -0.15) is 4.89 Å². The summed E-state index contributed by atoms with van der Waals surface area (Å²) >= 11 is 0. The lowest BCUT2D eigenvalue weighted by atomic mass is 10.6. The quantitative estimate of drug-likeness (QED) is 0.496. The summed E-state index contributed by atoms with van der Waals surface area (Å²) in [5.74, 6) is 0. The average molecular weight is 153 g/mol. The Bertz CT molecular complexity index is 52.1. The van der Waals surface area contributed by atoms with Crippen LogP contribution in [0.4, 0.5) is 0 Å². The van der Waals surface area contributed by atoms with Crippen molar-refractivity contribution in [3.05, 3.63) is 0 Å². The molecule has 0 amide bonds. The molecule has 1 fully saturated rings. The molecule has 1 aliphatic heterocycles. The van der Waals surface area contributed by atoms with Gasteiger partial charge in [0, 0.05) is 0 Å². The SMILES string of the molecule is C1COCCO1.O=[PH+]O. The van der Waals surface area contributed by atoms with Crippen LogP contribution in [0.25, 0.3) is 0 Å². The van der Waals surface area contributed by atoms with E-state index in [-0.39, 0.29) is 0 Å². The molecule has 0 radical (unpaired) electrons. The molecule has 1 aliphatic rings. The van der Waals surface area contributed by atoms with Crippen molar-refractivity contribution in [1.29, 1.82) is 0 Å². The van der Waals surface area contributed by atoms with E-state index in [0.717, 1.165) is 26.4 Å². The molecule has 1 rings (SSSR count). The fourth-order valence-corrected chi connectivity index (χ4v) is 0.440. The first kappa shape index (κ1) is 8.98. The van der Waals surface area contributed by atoms with Crippen LogP contribution in [-0.2, 0) is 14.0 Å². The molecule has 0 aromatic rings. The Morgan fingerprint density at radius 2 is 1.33 bits per heavy atom. The van der Waals surface area contributed by atoms with Gasteiger partial charge in [0.2, 0.25) is 0 Å². The molecule has 5 heteroatoms. The molecule has 1 unspecified atom stereocenters. The highest BCUT2D eigenvalue weighted by Crippen LogP contribution is 1.85. The van der Waals surface area contributed by atoms with Crippen LogP contribution < -0.4 is 0 Å². The van der Waals surface area contributed by atoms with Gasteiger partial charge >= 0.3 is 8.69 Å². The first-order chi connectivity index (χ1) is 4.41. The molecule has 1 heterocycles. The molecule has 0 spiro atoms. The minimum atomic E-state index is -1.17. The highest BCUT2D eigenvalue weighted by atomic mass is 31.1. The number of hydrogen-bond acceptors (Lipinski definition) is 3. The summed E-state index contributed by atoms with van der Waals surface area (Å²) < 4.78 is 18.4. The molecular weight excluding hydrogens is 143 g/mol. The lowest BCUT2D eigenvalue weighted by molar-refractivity contribution is -0.0334. The first-order valence-corrected chi connectivity index (χ1v) is 3.44. The van der Waals surface area contributed by atoms with E-state index in [4.69, 9.17) is 18.9 Å². The summed E-state index contributed by atoms with van der Waals surface area (Å²) in [6.07, 6.45) is 0. The summed E-state index contributed by atoms with van der Waals surface area (Å²) in [6, 6.07) is 0. The van der Waals surface area contributed by atoms with Crippen molar-refractivity contribution >= 4 is 8.69 Å². The zero-order valence-electron chi connectivity index (χ0n) is 5.00. The zero-order valence-corrected chi connectivity index (χ0v) is 6.00. The molecule has 0 saturated carbocycles. The van der Waals surface area contributed by atoms with Gasteiger partial charge in [-0.3, -0.25) is 0 Å². The Kier molecular flexibility index (Phi) is 7.96. The third-order valence-corrected chi connectivity index (χ3v) is 0.744. The van der Waals surface area contributed by atoms with Gasteiger partial charge in [0.05, 0.1) is 26.4 Å². The molecule has 9 heavy (non-hydrogen) atoms. The standard InChI is InChI=1S/C4H8O2.HO2P/c1-2-6-4-3-5-1;1-3-2/h1-4H2;3H/p+1. The van der Waals surface area contributed by atoms with Crippen molar-refractivity contribution < 1.29 is 18.9 Å². The Morgan fingerprint density at radius 3 is 1.44 bits per heavy atom. The van der Waals surface area contributed by atoms with Crippen molar-refractivity contribution in [2.45, 2.75) is 0 Å². The molecule has 0 aromatic carbocycles. The van der Waals surface area contributed by atoms with Crippen LogP contribution in [0.3, 0.4) is 0 Å². The van der Waals surface area contributed by atoms with Crippen molar-refractivity contribution in [3.63, 3.8) is 0 Å². The fraction of sp³-hybridized carbons (Fsp3) is 1.00. The molecule has 54 valence electrons. The summed E-state index contributed by atoms with van der Waals surface area (Å²) in [7, 11) is -1.17. The van der Waals surface area contributed by atoms with Crippen molar-refractivity contribution in [3.8, 4) is 0 Å². The van der Waals surface area contributed by atoms with Gasteiger partial charge in [-0.1, -0.05) is 0 Å². The minimum absolute atomic E-state index is 0.778. The van der Waals surface area contributed by atoms with E-state index in [1.807, 2.05) is 0 Å². The third-order valence-electron chi connectivity index (χ3n) is 0.744. The second-order valence-corrected chi connectivity index (χ2v) is 1.50. The van der Waals surface area contributed by atoms with Crippen LogP contribution in [0.2, 0.25) is 0 Å². The monoisotopic (exact) mass is 153 g/mol. The van der Waals surface area contributed by atoms with Gasteiger partial charge in [-0.25, -0.2) is 0 Å². The number of ether oxygens (including phenoxy) is 2. The Labute approximate surface area is 55.1 Å². The van der Waals surface area contributed by atoms with Crippen molar-refractivity contribution in [2.75, 3.05) is 26.4 Å². The molecule has 1 N–H and O–H groups in total.